The molecule has 3 aromatic carbocycles. The monoisotopic (exact) mass is 601 g/mol. The number of rotatable bonds is 7. The van der Waals surface area contributed by atoms with Crippen molar-refractivity contribution in [1.29, 1.82) is 0 Å². The van der Waals surface area contributed by atoms with E-state index >= 15 is 0 Å². The van der Waals surface area contributed by atoms with Crippen molar-refractivity contribution in [3.05, 3.63) is 72.8 Å². The molecule has 1 heterocycles. The maximum absolute atomic E-state index is 14.5. The van der Waals surface area contributed by atoms with Crippen LogP contribution < -0.4 is 19.1 Å². The van der Waals surface area contributed by atoms with Crippen molar-refractivity contribution in [2.24, 2.45) is 10.3 Å². The zero-order valence-corrected chi connectivity index (χ0v) is 23.8. The fraction of sp³-hybridized carbons (Fsp3) is 0.419. The Hall–Kier alpha value is -3.28. The molecule has 6 rings (SSSR count). The Morgan fingerprint density at radius 2 is 1.52 bits per heavy atom. The Balaban J connectivity index is 1.34. The van der Waals surface area contributed by atoms with E-state index in [0.29, 0.717) is 36.8 Å². The molecule has 2 fully saturated rings. The number of nitrogens with zero attached hydrogens (tertiary/aromatic N) is 2. The van der Waals surface area contributed by atoms with Gasteiger partial charge in [0.25, 0.3) is 0 Å². The molecule has 1 aliphatic heterocycles. The highest BCUT2D eigenvalue weighted by atomic mass is 32.2. The van der Waals surface area contributed by atoms with Gasteiger partial charge < -0.3 is 19.5 Å². The first-order valence-electron chi connectivity index (χ1n) is 14.4. The van der Waals surface area contributed by atoms with Gasteiger partial charge in [-0.3, -0.25) is 0 Å². The fourth-order valence-electron chi connectivity index (χ4n) is 5.73. The minimum absolute atomic E-state index is 0.255. The Bertz CT molecular complexity index is 1470. The average Bonchev–Trinajstić information content (AvgIpc) is 3.80. The van der Waals surface area contributed by atoms with E-state index in [1.165, 1.54) is 12.1 Å². The molecule has 42 heavy (non-hydrogen) atoms. The van der Waals surface area contributed by atoms with Gasteiger partial charge >= 0.3 is 6.36 Å². The summed E-state index contributed by atoms with van der Waals surface area (Å²) >= 11 is 0. The highest BCUT2D eigenvalue weighted by Gasteiger charge is 2.39. The number of alkyl halides is 3. The minimum atomic E-state index is -4.83. The molecule has 0 saturated heterocycles. The Morgan fingerprint density at radius 1 is 0.905 bits per heavy atom. The van der Waals surface area contributed by atoms with Crippen LogP contribution in [-0.4, -0.2) is 40.4 Å². The van der Waals surface area contributed by atoms with Crippen molar-refractivity contribution >= 4 is 21.3 Å². The van der Waals surface area contributed by atoms with E-state index in [1.54, 1.807) is 0 Å². The quantitative estimate of drug-likeness (QED) is 0.296. The molecule has 0 spiro atoms. The molecule has 2 aliphatic carbocycles. The van der Waals surface area contributed by atoms with E-state index in [9.17, 15) is 22.5 Å². The first-order valence-corrected chi connectivity index (χ1v) is 15.9. The third-order valence-corrected chi connectivity index (χ3v) is 10.1. The summed E-state index contributed by atoms with van der Waals surface area (Å²) in [4.78, 5) is 2.39. The van der Waals surface area contributed by atoms with E-state index < -0.39 is 34.2 Å². The molecule has 2 saturated carbocycles. The van der Waals surface area contributed by atoms with Gasteiger partial charge in [0.2, 0.25) is 0 Å². The largest absolute Gasteiger partial charge is 0.573 e. The number of benzene rings is 3. The molecule has 0 amide bonds. The van der Waals surface area contributed by atoms with Crippen molar-refractivity contribution < 1.29 is 32.0 Å². The standard InChI is InChI=1S/C31H34F3N3O4S/c32-31(33,34)41-22-16-18-23(19-17-22)42(39,35-20-21-14-15-21)36-24-8-2-1-3-11-27(30(24)38)37-25-9-4-6-12-28(25)40-29-13-7-5-10-26(29)37/h4-7,9-10,12-13,16-19,21,24,27,30,38H,1-3,8,11,14-15,20H2,(H,35,36,39)/t24-,27-,30-,42?/m1/s1. The highest BCUT2D eigenvalue weighted by Crippen LogP contribution is 2.49. The number of hydrogen-bond acceptors (Lipinski definition) is 6. The lowest BCUT2D eigenvalue weighted by Crippen LogP contribution is -2.54. The number of aliphatic hydroxyl groups excluding tert-OH is 1. The number of hydrogen-bond donors (Lipinski definition) is 2. The van der Waals surface area contributed by atoms with E-state index in [2.05, 4.69) is 18.7 Å². The van der Waals surface area contributed by atoms with Gasteiger partial charge in [-0.2, -0.15) is 0 Å². The lowest BCUT2D eigenvalue weighted by Gasteiger charge is -2.43. The molecule has 0 bridgehead atoms. The highest BCUT2D eigenvalue weighted by molar-refractivity contribution is 7.91. The molecule has 4 atom stereocenters. The Morgan fingerprint density at radius 3 is 2.14 bits per heavy atom. The molecule has 1 unspecified atom stereocenters. The summed E-state index contributed by atoms with van der Waals surface area (Å²) in [6.45, 7) is 0.378. The summed E-state index contributed by atoms with van der Waals surface area (Å²) in [6, 6.07) is 19.5. The fourth-order valence-corrected chi connectivity index (χ4v) is 7.68. The molecule has 2 N–H and O–H groups in total. The van der Waals surface area contributed by atoms with Crippen LogP contribution in [0.3, 0.4) is 0 Å². The van der Waals surface area contributed by atoms with Gasteiger partial charge in [-0.05, 0) is 80.1 Å². The third kappa shape index (κ3) is 6.38. The van der Waals surface area contributed by atoms with Gasteiger partial charge in [0.05, 0.1) is 35.0 Å². The van der Waals surface area contributed by atoms with Gasteiger partial charge in [-0.25, -0.2) is 13.3 Å². The lowest BCUT2D eigenvalue weighted by atomic mass is 9.89. The average molecular weight is 602 g/mol. The minimum Gasteiger partial charge on any atom is -0.453 e. The third-order valence-electron chi connectivity index (χ3n) is 8.02. The molecular weight excluding hydrogens is 567 g/mol. The van der Waals surface area contributed by atoms with Crippen LogP contribution in [0, 0.1) is 5.92 Å². The molecule has 3 aromatic rings. The van der Waals surface area contributed by atoms with Gasteiger partial charge in [-0.15, -0.1) is 13.2 Å². The second kappa shape index (κ2) is 11.8. The predicted octanol–water partition coefficient (Wildman–Crippen LogP) is 7.33. The summed E-state index contributed by atoms with van der Waals surface area (Å²) in [7, 11) is -3.28. The van der Waals surface area contributed by atoms with E-state index in [-0.39, 0.29) is 10.9 Å². The second-order valence-corrected chi connectivity index (χ2v) is 13.1. The summed E-state index contributed by atoms with van der Waals surface area (Å²) < 4.78 is 70.8. The van der Waals surface area contributed by atoms with Crippen LogP contribution >= 0.6 is 0 Å². The maximum atomic E-state index is 14.5. The number of para-hydroxylation sites is 4. The van der Waals surface area contributed by atoms with Crippen molar-refractivity contribution in [1.82, 2.24) is 4.72 Å². The predicted molar refractivity (Wildman–Crippen MR) is 154 cm³/mol. The molecule has 0 radical (unpaired) electrons. The molecular formula is C31H34F3N3O4S. The van der Waals surface area contributed by atoms with Crippen molar-refractivity contribution in [2.45, 2.75) is 74.4 Å². The SMILES string of the molecule is O=S(=NCC1CC1)(N[C@@H]1CCCCC[C@@H](N2c3ccccc3Oc3ccccc32)[C@@H]1O)c1ccc(OC(F)(F)F)cc1. The number of nitrogens with one attached hydrogen (secondary N) is 1. The number of aliphatic hydroxyl groups is 1. The number of fused-ring (bicyclic) bond motifs is 2. The van der Waals surface area contributed by atoms with Crippen LogP contribution in [0.4, 0.5) is 24.5 Å². The zero-order valence-electron chi connectivity index (χ0n) is 23.0. The lowest BCUT2D eigenvalue weighted by molar-refractivity contribution is -0.274. The van der Waals surface area contributed by atoms with E-state index in [4.69, 9.17) is 4.74 Å². The van der Waals surface area contributed by atoms with Gasteiger partial charge in [0.15, 0.2) is 11.5 Å². The first kappa shape index (κ1) is 28.8. The number of anilines is 2. The number of ether oxygens (including phenoxy) is 2. The summed E-state index contributed by atoms with van der Waals surface area (Å²) in [6.07, 6.45) is 0.192. The number of halogens is 3. The van der Waals surface area contributed by atoms with E-state index in [1.807, 2.05) is 48.5 Å². The van der Waals surface area contributed by atoms with Crippen LogP contribution in [0.5, 0.6) is 17.2 Å². The summed E-state index contributed by atoms with van der Waals surface area (Å²) in [5.41, 5.74) is 1.69. The van der Waals surface area contributed by atoms with Crippen LogP contribution in [0.25, 0.3) is 0 Å². The van der Waals surface area contributed by atoms with Crippen molar-refractivity contribution in [2.75, 3.05) is 11.4 Å². The molecule has 0 aromatic heterocycles. The normalized spacial score (nSPS) is 23.8. The first-order chi connectivity index (χ1) is 20.2. The van der Waals surface area contributed by atoms with Gasteiger partial charge in [0, 0.05) is 6.04 Å². The van der Waals surface area contributed by atoms with Crippen molar-refractivity contribution in [3.8, 4) is 17.2 Å². The van der Waals surface area contributed by atoms with Crippen LogP contribution in [-0.2, 0) is 9.92 Å². The zero-order chi connectivity index (χ0) is 29.3. The van der Waals surface area contributed by atoms with Crippen molar-refractivity contribution in [3.63, 3.8) is 0 Å². The summed E-state index contributed by atoms with van der Waals surface area (Å²) in [5.74, 6) is 1.33. The van der Waals surface area contributed by atoms with Crippen LogP contribution in [0.1, 0.15) is 44.9 Å². The Kier molecular flexibility index (Phi) is 8.08. The van der Waals surface area contributed by atoms with Gasteiger partial charge in [0.1, 0.15) is 15.7 Å². The smallest absolute Gasteiger partial charge is 0.453 e. The summed E-state index contributed by atoms with van der Waals surface area (Å²) in [5, 5.41) is 12.1. The molecule has 7 nitrogen and oxygen atoms in total. The maximum Gasteiger partial charge on any atom is 0.573 e. The molecule has 11 heteroatoms. The second-order valence-electron chi connectivity index (χ2n) is 11.1. The molecule has 3 aliphatic rings. The van der Waals surface area contributed by atoms with Crippen LogP contribution in [0.2, 0.25) is 0 Å². The molecule has 224 valence electrons. The Labute approximate surface area is 244 Å². The van der Waals surface area contributed by atoms with Gasteiger partial charge in [-0.1, -0.05) is 43.5 Å². The van der Waals surface area contributed by atoms with E-state index in [0.717, 1.165) is 55.6 Å². The topological polar surface area (TPSA) is 83.4 Å². The van der Waals surface area contributed by atoms with Crippen LogP contribution in [0.15, 0.2) is 82.1 Å².